The van der Waals surface area contributed by atoms with Crippen LogP contribution in [0, 0.1) is 12.7 Å². The van der Waals surface area contributed by atoms with Gasteiger partial charge < -0.3 is 4.74 Å². The number of aromatic nitrogens is 2. The zero-order valence-electron chi connectivity index (χ0n) is 14.8. The molecular formula is C20H23FN2OS. The van der Waals surface area contributed by atoms with E-state index in [2.05, 4.69) is 23.0 Å². The van der Waals surface area contributed by atoms with Crippen molar-refractivity contribution in [3.8, 4) is 10.6 Å². The van der Waals surface area contributed by atoms with Gasteiger partial charge in [0, 0.05) is 24.1 Å². The van der Waals surface area contributed by atoms with Gasteiger partial charge in [0.05, 0.1) is 17.2 Å². The van der Waals surface area contributed by atoms with E-state index >= 15 is 0 Å². The van der Waals surface area contributed by atoms with Gasteiger partial charge in [-0.25, -0.2) is 9.37 Å². The first-order chi connectivity index (χ1) is 12.1. The van der Waals surface area contributed by atoms with E-state index in [9.17, 15) is 4.39 Å². The average Bonchev–Trinajstić information content (AvgIpc) is 3.02. The van der Waals surface area contributed by atoms with E-state index in [-0.39, 0.29) is 5.82 Å². The van der Waals surface area contributed by atoms with E-state index in [1.54, 1.807) is 29.5 Å². The highest BCUT2D eigenvalue weighted by Gasteiger charge is 2.09. The minimum atomic E-state index is -0.178. The van der Waals surface area contributed by atoms with Crippen LogP contribution in [0.25, 0.3) is 10.6 Å². The van der Waals surface area contributed by atoms with Crippen LogP contribution < -0.4 is 0 Å². The Bertz CT molecular complexity index is 774. The van der Waals surface area contributed by atoms with E-state index in [1.807, 2.05) is 26.1 Å². The van der Waals surface area contributed by atoms with Gasteiger partial charge in [0.2, 0.25) is 0 Å². The Labute approximate surface area is 152 Å². The Kier molecular flexibility index (Phi) is 7.70. The largest absolute Gasteiger partial charge is 0.376 e. The second-order valence-electron chi connectivity index (χ2n) is 5.35. The minimum absolute atomic E-state index is 0.178. The normalized spacial score (nSPS) is 10.2. The molecule has 0 saturated carbocycles. The topological polar surface area (TPSA) is 35.0 Å². The van der Waals surface area contributed by atoms with Gasteiger partial charge in [0.1, 0.15) is 10.8 Å². The van der Waals surface area contributed by atoms with Crippen LogP contribution in [0.5, 0.6) is 0 Å². The summed E-state index contributed by atoms with van der Waals surface area (Å²) in [5, 5.41) is 1.05. The van der Waals surface area contributed by atoms with Crippen LogP contribution in [0.4, 0.5) is 4.39 Å². The summed E-state index contributed by atoms with van der Waals surface area (Å²) >= 11 is 1.71. The highest BCUT2D eigenvalue weighted by atomic mass is 32.1. The smallest absolute Gasteiger partial charge is 0.124 e. The lowest BCUT2D eigenvalue weighted by Crippen LogP contribution is -1.90. The fraction of sp³-hybridized carbons (Fsp3) is 0.300. The van der Waals surface area contributed by atoms with Crippen molar-refractivity contribution in [2.24, 2.45) is 0 Å². The van der Waals surface area contributed by atoms with Gasteiger partial charge in [-0.1, -0.05) is 25.1 Å². The van der Waals surface area contributed by atoms with Gasteiger partial charge in [-0.05, 0) is 44.5 Å². The number of hydrogen-bond donors (Lipinski definition) is 0. The van der Waals surface area contributed by atoms with Gasteiger partial charge in [-0.3, -0.25) is 4.98 Å². The van der Waals surface area contributed by atoms with Crippen molar-refractivity contribution >= 4 is 11.3 Å². The number of pyridine rings is 1. The molecule has 2 heterocycles. The molecule has 5 heteroatoms. The van der Waals surface area contributed by atoms with Gasteiger partial charge >= 0.3 is 0 Å². The van der Waals surface area contributed by atoms with Crippen LogP contribution in [-0.2, 0) is 17.8 Å². The molecule has 0 aliphatic heterocycles. The predicted molar refractivity (Wildman–Crippen MR) is 101 cm³/mol. The molecular weight excluding hydrogens is 335 g/mol. The molecule has 0 N–H and O–H groups in total. The number of hydrogen-bond acceptors (Lipinski definition) is 4. The molecule has 3 nitrogen and oxygen atoms in total. The van der Waals surface area contributed by atoms with Gasteiger partial charge in [-0.2, -0.15) is 0 Å². The Morgan fingerprint density at radius 3 is 2.48 bits per heavy atom. The van der Waals surface area contributed by atoms with Crippen LogP contribution in [0.15, 0.2) is 48.7 Å². The summed E-state index contributed by atoms with van der Waals surface area (Å²) in [7, 11) is 0. The Morgan fingerprint density at radius 2 is 1.88 bits per heavy atom. The molecule has 0 bridgehead atoms. The molecule has 3 rings (SSSR count). The number of halogens is 1. The van der Waals surface area contributed by atoms with Gasteiger partial charge in [0.25, 0.3) is 0 Å². The third-order valence-corrected chi connectivity index (χ3v) is 4.67. The second kappa shape index (κ2) is 10.0. The van der Waals surface area contributed by atoms with E-state index in [1.165, 1.54) is 17.0 Å². The molecule has 0 amide bonds. The van der Waals surface area contributed by atoms with E-state index in [0.717, 1.165) is 35.0 Å². The SMILES string of the molecule is CCOCc1sc(-c2ccnc(CC)c2)nc1C.Fc1ccccc1. The third kappa shape index (κ3) is 6.03. The Hall–Kier alpha value is -2.11. The van der Waals surface area contributed by atoms with Crippen LogP contribution in [0.2, 0.25) is 0 Å². The molecule has 25 heavy (non-hydrogen) atoms. The van der Waals surface area contributed by atoms with E-state index in [4.69, 9.17) is 4.74 Å². The third-order valence-electron chi connectivity index (χ3n) is 3.49. The van der Waals surface area contributed by atoms with E-state index in [0.29, 0.717) is 6.61 Å². The number of aryl methyl sites for hydroxylation is 2. The van der Waals surface area contributed by atoms with Crippen molar-refractivity contribution in [1.82, 2.24) is 9.97 Å². The van der Waals surface area contributed by atoms with Crippen molar-refractivity contribution in [2.45, 2.75) is 33.8 Å². The van der Waals surface area contributed by atoms with Crippen LogP contribution in [0.3, 0.4) is 0 Å². The lowest BCUT2D eigenvalue weighted by Gasteiger charge is -1.99. The molecule has 0 fully saturated rings. The zero-order chi connectivity index (χ0) is 18.1. The lowest BCUT2D eigenvalue weighted by atomic mass is 10.2. The molecule has 132 valence electrons. The lowest BCUT2D eigenvalue weighted by molar-refractivity contribution is 0.136. The highest BCUT2D eigenvalue weighted by Crippen LogP contribution is 2.28. The second-order valence-corrected chi connectivity index (χ2v) is 6.43. The maximum atomic E-state index is 11.9. The molecule has 0 spiro atoms. The molecule has 0 aliphatic rings. The number of benzene rings is 1. The number of nitrogens with zero attached hydrogens (tertiary/aromatic N) is 2. The standard InChI is InChI=1S/C14H18N2OS.C6H5F/c1-4-12-8-11(6-7-15-12)14-16-10(3)13(18-14)9-17-5-2;7-6-4-2-1-3-5-6/h6-8H,4-5,9H2,1-3H3;1-5H. The predicted octanol–water partition coefficient (Wildman–Crippen LogP) is 5.44. The molecule has 2 aromatic heterocycles. The summed E-state index contributed by atoms with van der Waals surface area (Å²) in [6, 6.07) is 12.1. The van der Waals surface area contributed by atoms with Crippen molar-refractivity contribution in [3.05, 3.63) is 70.7 Å². The van der Waals surface area contributed by atoms with E-state index < -0.39 is 0 Å². The quantitative estimate of drug-likeness (QED) is 0.609. The molecule has 0 radical (unpaired) electrons. The summed E-state index contributed by atoms with van der Waals surface area (Å²) < 4.78 is 17.4. The fourth-order valence-electron chi connectivity index (χ4n) is 2.10. The zero-order valence-corrected chi connectivity index (χ0v) is 15.6. The van der Waals surface area contributed by atoms with Gasteiger partial charge in [0.15, 0.2) is 0 Å². The molecule has 1 aromatic carbocycles. The molecule has 3 aromatic rings. The van der Waals surface area contributed by atoms with Crippen LogP contribution in [0.1, 0.15) is 30.1 Å². The van der Waals surface area contributed by atoms with Crippen molar-refractivity contribution in [1.29, 1.82) is 0 Å². The number of thiazole rings is 1. The molecule has 0 unspecified atom stereocenters. The number of rotatable bonds is 5. The van der Waals surface area contributed by atoms with Crippen LogP contribution in [-0.4, -0.2) is 16.6 Å². The monoisotopic (exact) mass is 358 g/mol. The van der Waals surface area contributed by atoms with Crippen molar-refractivity contribution in [3.63, 3.8) is 0 Å². The summed E-state index contributed by atoms with van der Waals surface area (Å²) in [6.07, 6.45) is 2.80. The minimum Gasteiger partial charge on any atom is -0.376 e. The summed E-state index contributed by atoms with van der Waals surface area (Å²) in [4.78, 5) is 10.1. The maximum absolute atomic E-state index is 11.9. The summed E-state index contributed by atoms with van der Waals surface area (Å²) in [5.74, 6) is -0.178. The molecule has 0 aliphatic carbocycles. The first kappa shape index (κ1) is 19.2. The highest BCUT2D eigenvalue weighted by molar-refractivity contribution is 7.15. The Balaban J connectivity index is 0.000000269. The maximum Gasteiger partial charge on any atom is 0.124 e. The summed E-state index contributed by atoms with van der Waals surface area (Å²) in [6.45, 7) is 7.55. The van der Waals surface area contributed by atoms with Gasteiger partial charge in [-0.15, -0.1) is 11.3 Å². The van der Waals surface area contributed by atoms with Crippen molar-refractivity contribution in [2.75, 3.05) is 6.61 Å². The van der Waals surface area contributed by atoms with Crippen molar-refractivity contribution < 1.29 is 9.13 Å². The fourth-order valence-corrected chi connectivity index (χ4v) is 3.10. The van der Waals surface area contributed by atoms with Crippen LogP contribution >= 0.6 is 11.3 Å². The molecule has 0 atom stereocenters. The first-order valence-corrected chi connectivity index (χ1v) is 9.15. The summed E-state index contributed by atoms with van der Waals surface area (Å²) in [5.41, 5.74) is 3.32. The Morgan fingerprint density at radius 1 is 1.12 bits per heavy atom. The average molecular weight is 358 g/mol. The first-order valence-electron chi connectivity index (χ1n) is 8.33. The molecule has 0 saturated heterocycles. The number of ether oxygens (including phenoxy) is 1.